The lowest BCUT2D eigenvalue weighted by Crippen LogP contribution is -2.43. The van der Waals surface area contributed by atoms with Gasteiger partial charge >= 0.3 is 0 Å². The van der Waals surface area contributed by atoms with Crippen LogP contribution in [0.4, 0.5) is 0 Å². The third kappa shape index (κ3) is 5.62. The summed E-state index contributed by atoms with van der Waals surface area (Å²) in [6.45, 7) is 8.39. The van der Waals surface area contributed by atoms with Crippen molar-refractivity contribution in [3.05, 3.63) is 0 Å². The number of hydrogen-bond acceptors (Lipinski definition) is 2. The summed E-state index contributed by atoms with van der Waals surface area (Å²) >= 11 is 0. The summed E-state index contributed by atoms with van der Waals surface area (Å²) in [5.74, 6) is 3.31. The second kappa shape index (κ2) is 7.13. The minimum Gasteiger partial charge on any atom is -0.357 e. The molecule has 0 heterocycles. The molecule has 16 heavy (non-hydrogen) atoms. The van der Waals surface area contributed by atoms with Gasteiger partial charge in [-0.3, -0.25) is 4.99 Å². The molecular weight excluding hydrogens is 200 g/mol. The Hall–Kier alpha value is -1.21. The van der Waals surface area contributed by atoms with Gasteiger partial charge in [0.05, 0.1) is 13.1 Å². The van der Waals surface area contributed by atoms with Gasteiger partial charge in [-0.2, -0.15) is 0 Å². The van der Waals surface area contributed by atoms with Crippen LogP contribution in [0.5, 0.6) is 0 Å². The Bertz CT molecular complexity index is 261. The molecular formula is C12H24N4. The van der Waals surface area contributed by atoms with E-state index in [1.165, 1.54) is 0 Å². The smallest absolute Gasteiger partial charge is 0.192 e. The molecule has 2 N–H and O–H groups in total. The van der Waals surface area contributed by atoms with Crippen LogP contribution in [0.15, 0.2) is 4.99 Å². The summed E-state index contributed by atoms with van der Waals surface area (Å²) in [7, 11) is 4.11. The van der Waals surface area contributed by atoms with Crippen LogP contribution in [0, 0.1) is 12.3 Å². The topological polar surface area (TPSA) is 39.7 Å². The van der Waals surface area contributed by atoms with Gasteiger partial charge in [0.1, 0.15) is 0 Å². The van der Waals surface area contributed by atoms with E-state index in [-0.39, 0.29) is 5.54 Å². The molecule has 92 valence electrons. The van der Waals surface area contributed by atoms with E-state index in [0.717, 1.165) is 19.0 Å². The van der Waals surface area contributed by atoms with Gasteiger partial charge in [0, 0.05) is 12.1 Å². The van der Waals surface area contributed by atoms with Gasteiger partial charge in [0.25, 0.3) is 0 Å². The van der Waals surface area contributed by atoms with Gasteiger partial charge in [0.2, 0.25) is 0 Å². The first kappa shape index (κ1) is 14.8. The molecule has 0 aliphatic carbocycles. The van der Waals surface area contributed by atoms with Gasteiger partial charge in [-0.15, -0.1) is 6.42 Å². The SMILES string of the molecule is C#CCNC(=NCC(C)(C)N(C)C)NCC. The van der Waals surface area contributed by atoms with E-state index in [2.05, 4.69) is 54.4 Å². The number of nitrogens with zero attached hydrogens (tertiary/aromatic N) is 2. The Labute approximate surface area is 99.5 Å². The van der Waals surface area contributed by atoms with Crippen molar-refractivity contribution < 1.29 is 0 Å². The predicted octanol–water partition coefficient (Wildman–Crippen LogP) is 0.515. The summed E-state index contributed by atoms with van der Waals surface area (Å²) in [6.07, 6.45) is 5.20. The fraction of sp³-hybridized carbons (Fsp3) is 0.750. The highest BCUT2D eigenvalue weighted by Gasteiger charge is 2.19. The van der Waals surface area contributed by atoms with Crippen LogP contribution < -0.4 is 10.6 Å². The van der Waals surface area contributed by atoms with Gasteiger partial charge in [0.15, 0.2) is 5.96 Å². The number of terminal acetylenes is 1. The minimum absolute atomic E-state index is 0.0402. The standard InChI is InChI=1S/C12H24N4/c1-7-9-14-11(13-8-2)15-10-12(3,4)16(5)6/h1H,8-10H2,2-6H3,(H2,13,14,15). The first-order chi connectivity index (χ1) is 7.44. The highest BCUT2D eigenvalue weighted by Crippen LogP contribution is 2.09. The van der Waals surface area contributed by atoms with E-state index in [4.69, 9.17) is 6.42 Å². The van der Waals surface area contributed by atoms with Crippen molar-refractivity contribution in [2.24, 2.45) is 4.99 Å². The molecule has 0 saturated carbocycles. The second-order valence-electron chi connectivity index (χ2n) is 4.46. The van der Waals surface area contributed by atoms with Gasteiger partial charge in [-0.05, 0) is 34.9 Å². The van der Waals surface area contributed by atoms with Gasteiger partial charge < -0.3 is 15.5 Å². The molecule has 0 amide bonds. The van der Waals surface area contributed by atoms with E-state index < -0.39 is 0 Å². The van der Waals surface area contributed by atoms with Crippen molar-refractivity contribution in [2.75, 3.05) is 33.7 Å². The molecule has 0 spiro atoms. The number of likely N-dealkylation sites (N-methyl/N-ethyl adjacent to an activating group) is 1. The molecule has 0 aromatic rings. The third-order valence-electron chi connectivity index (χ3n) is 2.54. The first-order valence-corrected chi connectivity index (χ1v) is 5.57. The molecule has 0 fully saturated rings. The largest absolute Gasteiger partial charge is 0.357 e. The van der Waals surface area contributed by atoms with E-state index >= 15 is 0 Å². The zero-order valence-electron chi connectivity index (χ0n) is 11.1. The normalized spacial score (nSPS) is 12.4. The van der Waals surface area contributed by atoms with Crippen molar-refractivity contribution in [3.63, 3.8) is 0 Å². The van der Waals surface area contributed by atoms with Crippen molar-refractivity contribution in [3.8, 4) is 12.3 Å². The fourth-order valence-electron chi connectivity index (χ4n) is 0.890. The molecule has 0 unspecified atom stereocenters. The summed E-state index contributed by atoms with van der Waals surface area (Å²) in [5, 5.41) is 6.22. The van der Waals surface area contributed by atoms with Crippen LogP contribution in [0.3, 0.4) is 0 Å². The average molecular weight is 224 g/mol. The maximum absolute atomic E-state index is 5.20. The lowest BCUT2D eigenvalue weighted by molar-refractivity contribution is 0.205. The molecule has 0 radical (unpaired) electrons. The summed E-state index contributed by atoms with van der Waals surface area (Å²) in [5.41, 5.74) is 0.0402. The second-order valence-corrected chi connectivity index (χ2v) is 4.46. The maximum atomic E-state index is 5.20. The monoisotopic (exact) mass is 224 g/mol. The highest BCUT2D eigenvalue weighted by atomic mass is 15.2. The Morgan fingerprint density at radius 1 is 1.38 bits per heavy atom. The number of hydrogen-bond donors (Lipinski definition) is 2. The quantitative estimate of drug-likeness (QED) is 0.406. The zero-order valence-corrected chi connectivity index (χ0v) is 11.1. The maximum Gasteiger partial charge on any atom is 0.192 e. The van der Waals surface area contributed by atoms with Crippen LogP contribution >= 0.6 is 0 Å². The number of aliphatic imine (C=N–C) groups is 1. The van der Waals surface area contributed by atoms with Crippen LogP contribution in [0.25, 0.3) is 0 Å². The Morgan fingerprint density at radius 3 is 2.44 bits per heavy atom. The predicted molar refractivity (Wildman–Crippen MR) is 70.6 cm³/mol. The molecule has 0 bridgehead atoms. The van der Waals surface area contributed by atoms with Crippen molar-refractivity contribution >= 4 is 5.96 Å². The Morgan fingerprint density at radius 2 is 2.00 bits per heavy atom. The minimum atomic E-state index is 0.0402. The van der Waals surface area contributed by atoms with Crippen LogP contribution in [-0.4, -0.2) is 50.1 Å². The van der Waals surface area contributed by atoms with Crippen molar-refractivity contribution in [1.82, 2.24) is 15.5 Å². The van der Waals surface area contributed by atoms with E-state index in [0.29, 0.717) is 6.54 Å². The number of nitrogens with one attached hydrogen (secondary N) is 2. The van der Waals surface area contributed by atoms with Crippen molar-refractivity contribution in [2.45, 2.75) is 26.3 Å². The van der Waals surface area contributed by atoms with Crippen molar-refractivity contribution in [1.29, 1.82) is 0 Å². The molecule has 0 rings (SSSR count). The van der Waals surface area contributed by atoms with Crippen LogP contribution in [-0.2, 0) is 0 Å². The summed E-state index contributed by atoms with van der Waals surface area (Å²) in [6, 6.07) is 0. The number of guanidine groups is 1. The first-order valence-electron chi connectivity index (χ1n) is 5.57. The summed E-state index contributed by atoms with van der Waals surface area (Å²) < 4.78 is 0. The van der Waals surface area contributed by atoms with Gasteiger partial charge in [-0.25, -0.2) is 0 Å². The molecule has 0 aromatic heterocycles. The molecule has 0 atom stereocenters. The molecule has 0 aliphatic rings. The van der Waals surface area contributed by atoms with Crippen LogP contribution in [0.1, 0.15) is 20.8 Å². The molecule has 0 aromatic carbocycles. The lowest BCUT2D eigenvalue weighted by atomic mass is 10.1. The fourth-order valence-corrected chi connectivity index (χ4v) is 0.890. The van der Waals surface area contributed by atoms with E-state index in [1.54, 1.807) is 0 Å². The van der Waals surface area contributed by atoms with E-state index in [9.17, 15) is 0 Å². The molecule has 4 nitrogen and oxygen atoms in total. The van der Waals surface area contributed by atoms with E-state index in [1.807, 2.05) is 6.92 Å². The average Bonchev–Trinajstić information content (AvgIpc) is 2.22. The highest BCUT2D eigenvalue weighted by molar-refractivity contribution is 5.80. The number of rotatable bonds is 5. The zero-order chi connectivity index (χ0) is 12.6. The Kier molecular flexibility index (Phi) is 6.59. The Balaban J connectivity index is 4.38. The van der Waals surface area contributed by atoms with Gasteiger partial charge in [-0.1, -0.05) is 5.92 Å². The summed E-state index contributed by atoms with van der Waals surface area (Å²) in [4.78, 5) is 6.66. The van der Waals surface area contributed by atoms with Crippen LogP contribution in [0.2, 0.25) is 0 Å². The molecule has 0 saturated heterocycles. The molecule has 0 aliphatic heterocycles. The molecule has 4 heteroatoms. The lowest BCUT2D eigenvalue weighted by Gasteiger charge is -2.31. The third-order valence-corrected chi connectivity index (χ3v) is 2.54.